The zero-order valence-corrected chi connectivity index (χ0v) is 15.4. The molecule has 0 saturated carbocycles. The first kappa shape index (κ1) is 18.0. The third kappa shape index (κ3) is 4.05. The minimum Gasteiger partial charge on any atom is -0.340 e. The van der Waals surface area contributed by atoms with Crippen LogP contribution in [0.5, 0.6) is 0 Å². The Morgan fingerprint density at radius 1 is 1.27 bits per heavy atom. The first-order valence-corrected chi connectivity index (χ1v) is 8.55. The number of aryl methyl sites for hydroxylation is 1. The molecule has 0 unspecified atom stereocenters. The predicted molar refractivity (Wildman–Crippen MR) is 100 cm³/mol. The van der Waals surface area contributed by atoms with Crippen molar-refractivity contribution in [2.75, 3.05) is 7.05 Å². The first-order chi connectivity index (χ1) is 12.4. The van der Waals surface area contributed by atoms with Gasteiger partial charge in [-0.3, -0.25) is 14.5 Å². The van der Waals surface area contributed by atoms with Gasteiger partial charge in [-0.25, -0.2) is 4.39 Å². The summed E-state index contributed by atoms with van der Waals surface area (Å²) in [6.07, 6.45) is 0. The van der Waals surface area contributed by atoms with E-state index >= 15 is 0 Å². The third-order valence-electron chi connectivity index (χ3n) is 4.10. The Bertz CT molecular complexity index is 978. The van der Waals surface area contributed by atoms with Crippen LogP contribution in [0.15, 0.2) is 48.5 Å². The van der Waals surface area contributed by atoms with Crippen LogP contribution in [0.1, 0.15) is 11.1 Å². The van der Waals surface area contributed by atoms with Crippen LogP contribution in [0.4, 0.5) is 4.39 Å². The maximum atomic E-state index is 13.3. The minimum absolute atomic E-state index is 0.0599. The van der Waals surface area contributed by atoms with Crippen LogP contribution >= 0.6 is 12.2 Å². The van der Waals surface area contributed by atoms with Gasteiger partial charge in [0.25, 0.3) is 0 Å². The van der Waals surface area contributed by atoms with E-state index < -0.39 is 0 Å². The van der Waals surface area contributed by atoms with Gasteiger partial charge in [0.15, 0.2) is 10.6 Å². The maximum Gasteiger partial charge on any atom is 0.242 e. The molecule has 7 heteroatoms. The molecule has 1 N–H and O–H groups in total. The summed E-state index contributed by atoms with van der Waals surface area (Å²) >= 11 is 5.27. The summed E-state index contributed by atoms with van der Waals surface area (Å²) in [5.41, 5.74) is 2.75. The van der Waals surface area contributed by atoms with E-state index in [1.54, 1.807) is 28.6 Å². The number of aromatic amines is 1. The van der Waals surface area contributed by atoms with Crippen LogP contribution in [0.25, 0.3) is 11.4 Å². The van der Waals surface area contributed by atoms with E-state index in [1.807, 2.05) is 31.2 Å². The van der Waals surface area contributed by atoms with Crippen molar-refractivity contribution in [1.29, 1.82) is 0 Å². The number of carbonyl (C=O) groups is 1. The summed E-state index contributed by atoms with van der Waals surface area (Å²) in [6.45, 7) is 2.39. The number of hydrogen-bond acceptors (Lipinski definition) is 3. The smallest absolute Gasteiger partial charge is 0.242 e. The molecule has 3 aromatic rings. The van der Waals surface area contributed by atoms with Crippen molar-refractivity contribution in [3.8, 4) is 11.4 Å². The van der Waals surface area contributed by atoms with Crippen molar-refractivity contribution >= 4 is 18.1 Å². The molecule has 1 amide bonds. The second-order valence-corrected chi connectivity index (χ2v) is 6.57. The van der Waals surface area contributed by atoms with Gasteiger partial charge >= 0.3 is 0 Å². The lowest BCUT2D eigenvalue weighted by molar-refractivity contribution is -0.131. The predicted octanol–water partition coefficient (Wildman–Crippen LogP) is 3.71. The quantitative estimate of drug-likeness (QED) is 0.697. The lowest BCUT2D eigenvalue weighted by atomic mass is 10.1. The summed E-state index contributed by atoms with van der Waals surface area (Å²) < 4.78 is 15.4. The molecule has 0 radical (unpaired) electrons. The molecule has 1 heterocycles. The third-order valence-corrected chi connectivity index (χ3v) is 4.41. The molecule has 134 valence electrons. The number of hydrogen-bond donors (Lipinski definition) is 1. The summed E-state index contributed by atoms with van der Waals surface area (Å²) in [4.78, 5) is 14.2. The van der Waals surface area contributed by atoms with E-state index in [1.165, 1.54) is 12.1 Å². The molecule has 26 heavy (non-hydrogen) atoms. The lowest BCUT2D eigenvalue weighted by Gasteiger charge is -2.18. The van der Waals surface area contributed by atoms with Gasteiger partial charge < -0.3 is 4.90 Å². The number of H-pyrrole nitrogens is 1. The highest BCUT2D eigenvalue weighted by molar-refractivity contribution is 7.71. The van der Waals surface area contributed by atoms with E-state index in [-0.39, 0.29) is 18.3 Å². The Hall–Kier alpha value is -2.80. The number of carbonyl (C=O) groups excluding carboxylic acids is 1. The molecule has 0 aliphatic heterocycles. The SMILES string of the molecule is Cc1ccc(-c2n[nH]c(=S)n2CC(=O)N(C)Cc2cccc(F)c2)cc1. The van der Waals surface area contributed by atoms with Crippen LogP contribution in [0.3, 0.4) is 0 Å². The van der Waals surface area contributed by atoms with Gasteiger partial charge in [0.1, 0.15) is 12.4 Å². The zero-order valence-electron chi connectivity index (χ0n) is 14.6. The first-order valence-electron chi connectivity index (χ1n) is 8.14. The number of nitrogens with zero attached hydrogens (tertiary/aromatic N) is 3. The Labute approximate surface area is 156 Å². The van der Waals surface area contributed by atoms with Crippen molar-refractivity contribution in [1.82, 2.24) is 19.7 Å². The average molecular weight is 370 g/mol. The van der Waals surface area contributed by atoms with E-state index in [9.17, 15) is 9.18 Å². The molecule has 0 fully saturated rings. The largest absolute Gasteiger partial charge is 0.340 e. The molecule has 0 spiro atoms. The van der Waals surface area contributed by atoms with E-state index in [4.69, 9.17) is 12.2 Å². The minimum atomic E-state index is -0.318. The molecule has 0 aliphatic rings. The van der Waals surface area contributed by atoms with Gasteiger partial charge in [-0.2, -0.15) is 5.10 Å². The van der Waals surface area contributed by atoms with Gasteiger partial charge in [-0.15, -0.1) is 0 Å². The normalized spacial score (nSPS) is 10.7. The summed E-state index contributed by atoms with van der Waals surface area (Å²) in [6, 6.07) is 14.1. The molecule has 1 aromatic heterocycles. The second-order valence-electron chi connectivity index (χ2n) is 6.18. The summed E-state index contributed by atoms with van der Waals surface area (Å²) in [5, 5.41) is 7.00. The topological polar surface area (TPSA) is 53.9 Å². The second kappa shape index (κ2) is 7.61. The Morgan fingerprint density at radius 2 is 2.00 bits per heavy atom. The molecule has 0 bridgehead atoms. The number of nitrogens with one attached hydrogen (secondary N) is 1. The van der Waals surface area contributed by atoms with Crippen molar-refractivity contribution in [2.45, 2.75) is 20.0 Å². The van der Waals surface area contributed by atoms with Gasteiger partial charge in [-0.05, 0) is 36.8 Å². The Balaban J connectivity index is 1.78. The fraction of sp³-hybridized carbons (Fsp3) is 0.211. The average Bonchev–Trinajstić information content (AvgIpc) is 2.96. The zero-order chi connectivity index (χ0) is 18.7. The van der Waals surface area contributed by atoms with Crippen molar-refractivity contribution in [3.05, 3.63) is 70.2 Å². The number of benzene rings is 2. The van der Waals surface area contributed by atoms with Crippen LogP contribution in [0, 0.1) is 17.5 Å². The fourth-order valence-electron chi connectivity index (χ4n) is 2.64. The number of rotatable bonds is 5. The van der Waals surface area contributed by atoms with E-state index in [0.717, 1.165) is 16.7 Å². The number of amides is 1. The van der Waals surface area contributed by atoms with Crippen molar-refractivity contribution < 1.29 is 9.18 Å². The summed E-state index contributed by atoms with van der Waals surface area (Å²) in [5.74, 6) is 0.157. The van der Waals surface area contributed by atoms with Crippen molar-refractivity contribution in [2.24, 2.45) is 0 Å². The highest BCUT2D eigenvalue weighted by Gasteiger charge is 2.15. The van der Waals surface area contributed by atoms with Gasteiger partial charge in [0.05, 0.1) is 0 Å². The van der Waals surface area contributed by atoms with E-state index in [0.29, 0.717) is 17.1 Å². The van der Waals surface area contributed by atoms with Crippen LogP contribution in [-0.4, -0.2) is 32.6 Å². The van der Waals surface area contributed by atoms with Gasteiger partial charge in [0, 0.05) is 19.2 Å². The fourth-order valence-corrected chi connectivity index (χ4v) is 2.84. The van der Waals surface area contributed by atoms with E-state index in [2.05, 4.69) is 10.2 Å². The molecular formula is C19H19FN4OS. The standard InChI is InChI=1S/C19H19FN4OS/c1-13-6-8-15(9-7-13)18-21-22-19(26)24(18)12-17(25)23(2)11-14-4-3-5-16(20)10-14/h3-10H,11-12H2,1-2H3,(H,22,26). The number of likely N-dealkylation sites (N-methyl/N-ethyl adjacent to an activating group) is 1. The number of halogens is 1. The van der Waals surface area contributed by atoms with Gasteiger partial charge in [0.2, 0.25) is 5.91 Å². The van der Waals surface area contributed by atoms with Crippen molar-refractivity contribution in [3.63, 3.8) is 0 Å². The highest BCUT2D eigenvalue weighted by Crippen LogP contribution is 2.18. The molecular weight excluding hydrogens is 351 g/mol. The maximum absolute atomic E-state index is 13.3. The molecule has 0 atom stereocenters. The molecule has 0 saturated heterocycles. The molecule has 5 nitrogen and oxygen atoms in total. The Morgan fingerprint density at radius 3 is 2.69 bits per heavy atom. The van der Waals surface area contributed by atoms with Crippen LogP contribution < -0.4 is 0 Å². The molecule has 0 aliphatic carbocycles. The number of aromatic nitrogens is 3. The van der Waals surface area contributed by atoms with Crippen LogP contribution in [-0.2, 0) is 17.9 Å². The monoisotopic (exact) mass is 370 g/mol. The molecule has 3 rings (SSSR count). The van der Waals surface area contributed by atoms with Crippen LogP contribution in [0.2, 0.25) is 0 Å². The lowest BCUT2D eigenvalue weighted by Crippen LogP contribution is -2.30. The van der Waals surface area contributed by atoms with Gasteiger partial charge in [-0.1, -0.05) is 42.0 Å². The molecule has 2 aromatic carbocycles. The summed E-state index contributed by atoms with van der Waals surface area (Å²) in [7, 11) is 1.68. The Kier molecular flexibility index (Phi) is 5.27. The highest BCUT2D eigenvalue weighted by atomic mass is 32.1.